The van der Waals surface area contributed by atoms with Gasteiger partial charge in [-0.25, -0.2) is 4.98 Å². The van der Waals surface area contributed by atoms with E-state index >= 15 is 0 Å². The van der Waals surface area contributed by atoms with Gasteiger partial charge in [0.1, 0.15) is 5.65 Å². The molecule has 1 aliphatic rings. The van der Waals surface area contributed by atoms with Gasteiger partial charge in [0.05, 0.1) is 12.2 Å². The summed E-state index contributed by atoms with van der Waals surface area (Å²) in [4.78, 5) is 16.5. The normalized spacial score (nSPS) is 15.5. The highest BCUT2D eigenvalue weighted by Crippen LogP contribution is 2.15. The van der Waals surface area contributed by atoms with Gasteiger partial charge in [-0.05, 0) is 31.1 Å². The topological polar surface area (TPSA) is 58.4 Å². The van der Waals surface area contributed by atoms with Crippen LogP contribution in [0.15, 0.2) is 30.6 Å². The number of carbonyl (C=O) groups is 1. The van der Waals surface area contributed by atoms with Gasteiger partial charge in [0.2, 0.25) is 5.91 Å². The Morgan fingerprint density at radius 2 is 2.24 bits per heavy atom. The Morgan fingerprint density at radius 1 is 1.48 bits per heavy atom. The monoisotopic (exact) mass is 330 g/mol. The van der Waals surface area contributed by atoms with Crippen molar-refractivity contribution in [2.75, 3.05) is 13.1 Å². The van der Waals surface area contributed by atoms with Gasteiger partial charge < -0.3 is 15.0 Å². The van der Waals surface area contributed by atoms with Crippen LogP contribution in [-0.2, 0) is 11.3 Å². The third-order valence-corrected chi connectivity index (χ3v) is 3.79. The van der Waals surface area contributed by atoms with Crippen molar-refractivity contribution in [1.29, 1.82) is 0 Å². The minimum atomic E-state index is 0. The van der Waals surface area contributed by atoms with Crippen LogP contribution in [0.1, 0.15) is 12.6 Å². The summed E-state index contributed by atoms with van der Waals surface area (Å²) in [6.45, 7) is 4.38. The first-order chi connectivity index (χ1) is 9.24. The Morgan fingerprint density at radius 3 is 2.86 bits per heavy atom. The number of nitrogens with zero attached hydrogens (tertiary/aromatic N) is 2. The van der Waals surface area contributed by atoms with Gasteiger partial charge in [-0.2, -0.15) is 0 Å². The molecule has 1 amide bonds. The van der Waals surface area contributed by atoms with Crippen LogP contribution in [0.3, 0.4) is 0 Å². The summed E-state index contributed by atoms with van der Waals surface area (Å²) in [6, 6.07) is 5.87. The highest BCUT2D eigenvalue weighted by atomic mass is 35.5. The summed E-state index contributed by atoms with van der Waals surface area (Å²) in [5, 5.41) is 6.16. The van der Waals surface area contributed by atoms with Gasteiger partial charge in [0.25, 0.3) is 0 Å². The van der Waals surface area contributed by atoms with Crippen molar-refractivity contribution in [3.05, 3.63) is 36.3 Å². The lowest BCUT2D eigenvalue weighted by Crippen LogP contribution is -2.49. The fraction of sp³-hybridized carbons (Fsp3) is 0.429. The number of carbonyl (C=O) groups excluding carboxylic acids is 1. The molecule has 3 rings (SSSR count). The smallest absolute Gasteiger partial charge is 0.223 e. The molecule has 2 aromatic rings. The Hall–Kier alpha value is -1.30. The largest absolute Gasteiger partial charge is 0.350 e. The number of rotatable bonds is 4. The summed E-state index contributed by atoms with van der Waals surface area (Å²) < 4.78 is 1.96. The molecule has 116 valence electrons. The number of pyridine rings is 1. The third kappa shape index (κ3) is 3.87. The number of aromatic nitrogens is 2. The van der Waals surface area contributed by atoms with Crippen molar-refractivity contribution in [3.63, 3.8) is 0 Å². The van der Waals surface area contributed by atoms with E-state index < -0.39 is 0 Å². The molecule has 3 heterocycles. The van der Waals surface area contributed by atoms with Crippen LogP contribution < -0.4 is 10.6 Å². The molecule has 0 spiro atoms. The molecule has 21 heavy (non-hydrogen) atoms. The van der Waals surface area contributed by atoms with Crippen LogP contribution in [0.2, 0.25) is 0 Å². The fourth-order valence-electron chi connectivity index (χ4n) is 2.29. The molecule has 2 N–H and O–H groups in total. The molecule has 7 heteroatoms. The summed E-state index contributed by atoms with van der Waals surface area (Å²) in [5.74, 6) is 0.655. The van der Waals surface area contributed by atoms with Crippen molar-refractivity contribution < 1.29 is 4.79 Å². The van der Waals surface area contributed by atoms with E-state index in [9.17, 15) is 4.79 Å². The number of imidazole rings is 1. The van der Waals surface area contributed by atoms with Crippen molar-refractivity contribution in [1.82, 2.24) is 20.0 Å². The number of nitrogens with one attached hydrogen (secondary N) is 2. The van der Waals surface area contributed by atoms with E-state index in [4.69, 9.17) is 0 Å². The lowest BCUT2D eigenvalue weighted by Gasteiger charge is -2.31. The molecule has 0 aliphatic carbocycles. The standard InChI is InChI=1S/C14H18N4O.2ClH/c1-10(11-6-15-7-11)14(19)16-8-12-9-18-5-3-2-4-13(18)17-12;;/h2-5,9-11,15H,6-8H2,1H3,(H,16,19);2*1H. The molecule has 1 fully saturated rings. The number of hydrogen-bond acceptors (Lipinski definition) is 3. The molecule has 1 saturated heterocycles. The zero-order valence-corrected chi connectivity index (χ0v) is 13.4. The van der Waals surface area contributed by atoms with Crippen molar-refractivity contribution in [2.24, 2.45) is 11.8 Å². The first-order valence-electron chi connectivity index (χ1n) is 6.65. The third-order valence-electron chi connectivity index (χ3n) is 3.79. The average Bonchev–Trinajstić information content (AvgIpc) is 2.76. The molecular formula is C14H20Cl2N4O. The van der Waals surface area contributed by atoms with Gasteiger partial charge >= 0.3 is 0 Å². The zero-order valence-electron chi connectivity index (χ0n) is 11.8. The van der Waals surface area contributed by atoms with Crippen molar-refractivity contribution in [2.45, 2.75) is 13.5 Å². The number of amides is 1. The van der Waals surface area contributed by atoms with Gasteiger partial charge in [-0.3, -0.25) is 4.79 Å². The van der Waals surface area contributed by atoms with E-state index in [0.717, 1.165) is 24.4 Å². The molecule has 2 aromatic heterocycles. The second-order valence-electron chi connectivity index (χ2n) is 5.12. The second kappa shape index (κ2) is 7.64. The van der Waals surface area contributed by atoms with Gasteiger partial charge in [0.15, 0.2) is 0 Å². The maximum atomic E-state index is 12.0. The Labute approximate surface area is 136 Å². The lowest BCUT2D eigenvalue weighted by atomic mass is 9.88. The second-order valence-corrected chi connectivity index (χ2v) is 5.12. The summed E-state index contributed by atoms with van der Waals surface area (Å²) in [7, 11) is 0. The number of halogens is 2. The number of hydrogen-bond donors (Lipinski definition) is 2. The van der Waals surface area contributed by atoms with Crippen LogP contribution in [0.5, 0.6) is 0 Å². The van der Waals surface area contributed by atoms with Gasteiger partial charge in [-0.1, -0.05) is 13.0 Å². The van der Waals surface area contributed by atoms with Crippen LogP contribution in [0, 0.1) is 11.8 Å². The maximum Gasteiger partial charge on any atom is 0.223 e. The minimum absolute atomic E-state index is 0. The quantitative estimate of drug-likeness (QED) is 0.896. The molecule has 0 radical (unpaired) electrons. The van der Waals surface area contributed by atoms with Gasteiger partial charge in [0, 0.05) is 18.3 Å². The first kappa shape index (κ1) is 17.8. The van der Waals surface area contributed by atoms with Crippen molar-refractivity contribution in [3.8, 4) is 0 Å². The van der Waals surface area contributed by atoms with E-state index in [0.29, 0.717) is 12.5 Å². The van der Waals surface area contributed by atoms with Crippen LogP contribution in [-0.4, -0.2) is 28.4 Å². The number of fused-ring (bicyclic) bond motifs is 1. The molecule has 0 bridgehead atoms. The minimum Gasteiger partial charge on any atom is -0.350 e. The van der Waals surface area contributed by atoms with Crippen LogP contribution in [0.25, 0.3) is 5.65 Å². The van der Waals surface area contributed by atoms with Crippen molar-refractivity contribution >= 4 is 36.4 Å². The summed E-state index contributed by atoms with van der Waals surface area (Å²) in [5.41, 5.74) is 1.79. The van der Waals surface area contributed by atoms with E-state index in [1.807, 2.05) is 41.9 Å². The first-order valence-corrected chi connectivity index (χ1v) is 6.65. The van der Waals surface area contributed by atoms with Crippen LogP contribution >= 0.6 is 24.8 Å². The summed E-state index contributed by atoms with van der Waals surface area (Å²) >= 11 is 0. The predicted octanol–water partition coefficient (Wildman–Crippen LogP) is 1.65. The molecular weight excluding hydrogens is 311 g/mol. The Balaban J connectivity index is 0.00000110. The van der Waals surface area contributed by atoms with E-state index in [1.54, 1.807) is 0 Å². The zero-order chi connectivity index (χ0) is 13.2. The molecule has 1 aliphatic heterocycles. The highest BCUT2D eigenvalue weighted by molar-refractivity contribution is 5.85. The fourth-order valence-corrected chi connectivity index (χ4v) is 2.29. The van der Waals surface area contributed by atoms with E-state index in [2.05, 4.69) is 15.6 Å². The molecule has 0 saturated carbocycles. The maximum absolute atomic E-state index is 12.0. The Kier molecular flexibility index (Phi) is 6.45. The molecule has 1 atom stereocenters. The predicted molar refractivity (Wildman–Crippen MR) is 87.1 cm³/mol. The Bertz CT molecular complexity index is 564. The molecule has 0 aromatic carbocycles. The van der Waals surface area contributed by atoms with Crippen LogP contribution in [0.4, 0.5) is 0 Å². The lowest BCUT2D eigenvalue weighted by molar-refractivity contribution is -0.126. The van der Waals surface area contributed by atoms with Gasteiger partial charge in [-0.15, -0.1) is 24.8 Å². The molecule has 1 unspecified atom stereocenters. The average molecular weight is 331 g/mol. The van der Waals surface area contributed by atoms with E-state index in [1.165, 1.54) is 0 Å². The van der Waals surface area contributed by atoms with E-state index in [-0.39, 0.29) is 36.6 Å². The SMILES string of the molecule is CC(C(=O)NCc1cn2ccccc2n1)C1CNC1.Cl.Cl. The summed E-state index contributed by atoms with van der Waals surface area (Å²) in [6.07, 6.45) is 3.90. The molecule has 5 nitrogen and oxygen atoms in total. The highest BCUT2D eigenvalue weighted by Gasteiger charge is 2.28.